The van der Waals surface area contributed by atoms with Gasteiger partial charge in [0.15, 0.2) is 0 Å². The highest BCUT2D eigenvalue weighted by atomic mass is 32.1. The molecule has 0 spiro atoms. The summed E-state index contributed by atoms with van der Waals surface area (Å²) >= 11 is 5.00. The normalized spacial score (nSPS) is 10.3. The number of hydrogen-bond acceptors (Lipinski definition) is 3. The summed E-state index contributed by atoms with van der Waals surface area (Å²) in [5.41, 5.74) is 8.54. The van der Waals surface area contributed by atoms with Crippen LogP contribution in [0.5, 0.6) is 5.75 Å². The molecule has 0 aliphatic rings. The second kappa shape index (κ2) is 7.74. The van der Waals surface area contributed by atoms with Gasteiger partial charge < -0.3 is 10.5 Å². The average molecular weight is 300 g/mol. The van der Waals surface area contributed by atoms with Crippen LogP contribution in [0.1, 0.15) is 36.6 Å². The van der Waals surface area contributed by atoms with E-state index in [4.69, 9.17) is 22.7 Å². The van der Waals surface area contributed by atoms with Gasteiger partial charge in [0.05, 0.1) is 0 Å². The molecule has 110 valence electrons. The number of hydrogen-bond donors (Lipinski definition) is 1. The molecule has 2 N–H and O–H groups in total. The van der Waals surface area contributed by atoms with Gasteiger partial charge in [0.1, 0.15) is 23.0 Å². The Morgan fingerprint density at radius 1 is 1.24 bits per heavy atom. The lowest BCUT2D eigenvalue weighted by molar-refractivity contribution is 0.305. The van der Waals surface area contributed by atoms with Gasteiger partial charge in [-0.05, 0) is 36.6 Å². The van der Waals surface area contributed by atoms with Crippen LogP contribution in [0.25, 0.3) is 0 Å². The van der Waals surface area contributed by atoms with Gasteiger partial charge in [0.25, 0.3) is 0 Å². The summed E-state index contributed by atoms with van der Waals surface area (Å²) in [7, 11) is 0. The van der Waals surface area contributed by atoms with Crippen LogP contribution in [-0.4, -0.2) is 9.97 Å². The zero-order chi connectivity index (χ0) is 15.1. The van der Waals surface area contributed by atoms with Gasteiger partial charge in [-0.25, -0.2) is 0 Å². The van der Waals surface area contributed by atoms with E-state index < -0.39 is 0 Å². The Hall–Kier alpha value is -1.94. The number of rotatable bonds is 7. The predicted molar refractivity (Wildman–Crippen MR) is 89.5 cm³/mol. The van der Waals surface area contributed by atoms with E-state index >= 15 is 0 Å². The van der Waals surface area contributed by atoms with Crippen LogP contribution in [0.15, 0.2) is 42.6 Å². The largest absolute Gasteiger partial charge is 0.489 e. The van der Waals surface area contributed by atoms with Crippen LogP contribution in [0, 0.1) is 0 Å². The predicted octanol–water partition coefficient (Wildman–Crippen LogP) is 3.64. The quantitative estimate of drug-likeness (QED) is 0.793. The zero-order valence-corrected chi connectivity index (χ0v) is 13.0. The molecule has 0 radical (unpaired) electrons. The van der Waals surface area contributed by atoms with Crippen molar-refractivity contribution in [3.63, 3.8) is 0 Å². The first-order valence-electron chi connectivity index (χ1n) is 7.16. The number of unbranched alkanes of at least 4 members (excludes halogenated alkanes) is 1. The Morgan fingerprint density at radius 2 is 2.00 bits per heavy atom. The van der Waals surface area contributed by atoms with E-state index in [1.165, 1.54) is 18.4 Å². The molecule has 0 fully saturated rings. The van der Waals surface area contributed by atoms with Crippen molar-refractivity contribution in [1.29, 1.82) is 0 Å². The van der Waals surface area contributed by atoms with Crippen molar-refractivity contribution in [1.82, 2.24) is 4.98 Å². The topological polar surface area (TPSA) is 48.1 Å². The molecule has 1 heterocycles. The molecule has 0 saturated carbocycles. The van der Waals surface area contributed by atoms with Gasteiger partial charge in [0.2, 0.25) is 0 Å². The molecule has 3 nitrogen and oxygen atoms in total. The number of aryl methyl sites for hydroxylation is 1. The number of nitrogens with two attached hydrogens (primary N) is 1. The fraction of sp³-hybridized carbons (Fsp3) is 0.294. The molecule has 0 aliphatic heterocycles. The van der Waals surface area contributed by atoms with Gasteiger partial charge >= 0.3 is 0 Å². The third-order valence-corrected chi connectivity index (χ3v) is 3.45. The molecule has 0 bridgehead atoms. The number of pyridine rings is 1. The van der Waals surface area contributed by atoms with Crippen molar-refractivity contribution in [2.45, 2.75) is 32.8 Å². The first-order chi connectivity index (χ1) is 10.2. The Balaban J connectivity index is 1.98. The van der Waals surface area contributed by atoms with Gasteiger partial charge in [-0.15, -0.1) is 0 Å². The number of ether oxygens (including phenoxy) is 1. The molecule has 21 heavy (non-hydrogen) atoms. The lowest BCUT2D eigenvalue weighted by Crippen LogP contribution is -2.15. The zero-order valence-electron chi connectivity index (χ0n) is 12.2. The van der Waals surface area contributed by atoms with E-state index in [1.807, 2.05) is 24.3 Å². The number of aromatic nitrogens is 1. The lowest BCUT2D eigenvalue weighted by atomic mass is 10.1. The maximum Gasteiger partial charge on any atom is 0.123 e. The molecule has 0 saturated heterocycles. The molecular formula is C17H20N2OS. The van der Waals surface area contributed by atoms with Crippen molar-refractivity contribution in [3.05, 3.63) is 59.4 Å². The van der Waals surface area contributed by atoms with Crippen LogP contribution in [0.3, 0.4) is 0 Å². The van der Waals surface area contributed by atoms with Crippen molar-refractivity contribution in [2.24, 2.45) is 5.73 Å². The Morgan fingerprint density at radius 3 is 2.67 bits per heavy atom. The fourth-order valence-corrected chi connectivity index (χ4v) is 2.26. The van der Waals surface area contributed by atoms with Crippen molar-refractivity contribution < 1.29 is 4.74 Å². The number of nitrogens with zero attached hydrogens (tertiary/aromatic N) is 1. The second-order valence-corrected chi connectivity index (χ2v) is 5.35. The summed E-state index contributed by atoms with van der Waals surface area (Å²) in [6.07, 6.45) is 5.22. The highest BCUT2D eigenvalue weighted by molar-refractivity contribution is 7.80. The third-order valence-electron chi connectivity index (χ3n) is 3.26. The van der Waals surface area contributed by atoms with Crippen molar-refractivity contribution in [3.8, 4) is 5.75 Å². The summed E-state index contributed by atoms with van der Waals surface area (Å²) in [6, 6.07) is 12.0. The summed E-state index contributed by atoms with van der Waals surface area (Å²) in [6.45, 7) is 2.61. The molecule has 2 aromatic rings. The average Bonchev–Trinajstić information content (AvgIpc) is 2.52. The molecule has 0 unspecified atom stereocenters. The van der Waals surface area contributed by atoms with Crippen LogP contribution in [-0.2, 0) is 13.0 Å². The minimum atomic E-state index is 0.295. The van der Waals surface area contributed by atoms with Crippen LogP contribution >= 0.6 is 12.2 Å². The van der Waals surface area contributed by atoms with Gasteiger partial charge in [-0.3, -0.25) is 4.98 Å². The third kappa shape index (κ3) is 4.53. The van der Waals surface area contributed by atoms with Gasteiger partial charge in [-0.2, -0.15) is 0 Å². The summed E-state index contributed by atoms with van der Waals surface area (Å²) in [5, 5.41) is 0. The van der Waals surface area contributed by atoms with Gasteiger partial charge in [-0.1, -0.05) is 43.8 Å². The lowest BCUT2D eigenvalue weighted by Gasteiger charge is -2.10. The summed E-state index contributed by atoms with van der Waals surface area (Å²) in [4.78, 5) is 4.49. The maximum atomic E-state index is 5.79. The Labute approximate surface area is 131 Å². The molecule has 2 rings (SSSR count). The van der Waals surface area contributed by atoms with Crippen molar-refractivity contribution in [2.75, 3.05) is 0 Å². The van der Waals surface area contributed by atoms with Crippen molar-refractivity contribution >= 4 is 17.2 Å². The molecule has 1 aromatic heterocycles. The Kier molecular flexibility index (Phi) is 5.69. The minimum Gasteiger partial charge on any atom is -0.489 e. The minimum absolute atomic E-state index is 0.295. The van der Waals surface area contributed by atoms with E-state index in [0.29, 0.717) is 17.3 Å². The number of benzene rings is 1. The van der Waals surface area contributed by atoms with E-state index in [1.54, 1.807) is 6.20 Å². The number of thiocarbonyl (C=S) groups is 1. The van der Waals surface area contributed by atoms with E-state index in [2.05, 4.69) is 24.0 Å². The molecule has 0 atom stereocenters. The van der Waals surface area contributed by atoms with Gasteiger partial charge in [0, 0.05) is 11.8 Å². The van der Waals surface area contributed by atoms with Crippen LogP contribution < -0.4 is 10.5 Å². The Bertz CT molecular complexity index is 596. The molecule has 0 amide bonds. The summed E-state index contributed by atoms with van der Waals surface area (Å²) < 4.78 is 5.79. The SMILES string of the molecule is CCCCc1ccc(OCc2cccnc2C(N)=S)cc1. The van der Waals surface area contributed by atoms with E-state index in [0.717, 1.165) is 17.7 Å². The maximum absolute atomic E-state index is 5.79. The molecule has 1 aromatic carbocycles. The van der Waals surface area contributed by atoms with Crippen LogP contribution in [0.2, 0.25) is 0 Å². The highest BCUT2D eigenvalue weighted by Gasteiger charge is 2.06. The smallest absolute Gasteiger partial charge is 0.123 e. The first-order valence-corrected chi connectivity index (χ1v) is 7.57. The molecule has 4 heteroatoms. The fourth-order valence-electron chi connectivity index (χ4n) is 2.07. The van der Waals surface area contributed by atoms with E-state index in [-0.39, 0.29) is 0 Å². The van der Waals surface area contributed by atoms with E-state index in [9.17, 15) is 0 Å². The second-order valence-electron chi connectivity index (χ2n) is 4.91. The first kappa shape index (κ1) is 15.4. The highest BCUT2D eigenvalue weighted by Crippen LogP contribution is 2.16. The summed E-state index contributed by atoms with van der Waals surface area (Å²) in [5.74, 6) is 0.841. The standard InChI is InChI=1S/C17H20N2OS/c1-2-3-5-13-7-9-15(10-8-13)20-12-14-6-4-11-19-16(14)17(18)21/h4,6-11H,2-3,5,12H2,1H3,(H2,18,21). The molecular weight excluding hydrogens is 280 g/mol. The monoisotopic (exact) mass is 300 g/mol. The van der Waals surface area contributed by atoms with Crippen LogP contribution in [0.4, 0.5) is 0 Å². The molecule has 0 aliphatic carbocycles.